The molecule has 132 valence electrons. The zero-order chi connectivity index (χ0) is 18.1. The van der Waals surface area contributed by atoms with Gasteiger partial charge in [0.1, 0.15) is 0 Å². The standard InChI is InChI=1S/C17H18N2O4S2/c1-24(20,21)18-16-8-4-5-9-17(16)19-25(22,23)15-11-10-13-6-2-3-7-14(13)12-15/h2-9,12,18-19H,10-11H2,1H3. The van der Waals surface area contributed by atoms with Crippen LogP contribution in [0.3, 0.4) is 0 Å². The highest BCUT2D eigenvalue weighted by Crippen LogP contribution is 2.30. The molecule has 25 heavy (non-hydrogen) atoms. The van der Waals surface area contributed by atoms with Crippen molar-refractivity contribution in [1.82, 2.24) is 0 Å². The normalized spacial score (nSPS) is 14.4. The molecule has 0 bridgehead atoms. The second-order valence-electron chi connectivity index (χ2n) is 5.83. The summed E-state index contributed by atoms with van der Waals surface area (Å²) in [7, 11) is -7.30. The molecule has 0 aromatic heterocycles. The summed E-state index contributed by atoms with van der Waals surface area (Å²) in [5, 5.41) is 0. The van der Waals surface area contributed by atoms with Gasteiger partial charge in [-0.3, -0.25) is 9.44 Å². The molecule has 0 saturated heterocycles. The first kappa shape index (κ1) is 17.5. The van der Waals surface area contributed by atoms with Crippen molar-refractivity contribution in [3.05, 3.63) is 64.6 Å². The fraction of sp³-hybridized carbons (Fsp3) is 0.176. The first-order chi connectivity index (χ1) is 11.7. The molecule has 1 aliphatic rings. The number of nitrogens with one attached hydrogen (secondary N) is 2. The van der Waals surface area contributed by atoms with Crippen LogP contribution in [-0.4, -0.2) is 23.1 Å². The predicted octanol–water partition coefficient (Wildman–Crippen LogP) is 2.79. The Kier molecular flexibility index (Phi) is 4.57. The third-order valence-corrected chi connectivity index (χ3v) is 5.92. The maximum atomic E-state index is 12.7. The highest BCUT2D eigenvalue weighted by atomic mass is 32.2. The van der Waals surface area contributed by atoms with Gasteiger partial charge in [0.2, 0.25) is 10.0 Å². The van der Waals surface area contributed by atoms with Crippen LogP contribution < -0.4 is 9.44 Å². The lowest BCUT2D eigenvalue weighted by Gasteiger charge is -2.18. The summed E-state index contributed by atoms with van der Waals surface area (Å²) in [6.45, 7) is 0. The Morgan fingerprint density at radius 2 is 1.40 bits per heavy atom. The summed E-state index contributed by atoms with van der Waals surface area (Å²) in [5.74, 6) is 0. The summed E-state index contributed by atoms with van der Waals surface area (Å²) in [4.78, 5) is 0.278. The van der Waals surface area contributed by atoms with Gasteiger partial charge in [0.05, 0.1) is 22.5 Å². The monoisotopic (exact) mass is 378 g/mol. The third kappa shape index (κ3) is 4.21. The van der Waals surface area contributed by atoms with E-state index in [1.165, 1.54) is 12.1 Å². The average molecular weight is 378 g/mol. The van der Waals surface area contributed by atoms with Crippen molar-refractivity contribution >= 4 is 37.5 Å². The van der Waals surface area contributed by atoms with E-state index < -0.39 is 20.0 Å². The van der Waals surface area contributed by atoms with Crippen molar-refractivity contribution in [3.8, 4) is 0 Å². The Morgan fingerprint density at radius 1 is 0.800 bits per heavy atom. The van der Waals surface area contributed by atoms with Gasteiger partial charge in [-0.25, -0.2) is 16.8 Å². The first-order valence-electron chi connectivity index (χ1n) is 7.63. The zero-order valence-electron chi connectivity index (χ0n) is 13.6. The Hall–Kier alpha value is -2.32. The Bertz CT molecular complexity index is 1040. The number of hydrogen-bond acceptors (Lipinski definition) is 4. The molecule has 3 rings (SSSR count). The summed E-state index contributed by atoms with van der Waals surface area (Å²) in [5.41, 5.74) is 2.37. The highest BCUT2D eigenvalue weighted by molar-refractivity contribution is 7.96. The van der Waals surface area contributed by atoms with Crippen molar-refractivity contribution in [2.45, 2.75) is 12.8 Å². The SMILES string of the molecule is CS(=O)(=O)Nc1ccccc1NS(=O)(=O)C1=Cc2ccccc2CC1. The molecule has 6 nitrogen and oxygen atoms in total. The number of rotatable bonds is 5. The van der Waals surface area contributed by atoms with Crippen molar-refractivity contribution < 1.29 is 16.8 Å². The van der Waals surface area contributed by atoms with Gasteiger partial charge < -0.3 is 0 Å². The number of allylic oxidation sites excluding steroid dienone is 1. The minimum atomic E-state index is -3.78. The van der Waals surface area contributed by atoms with Crippen LogP contribution in [0.4, 0.5) is 11.4 Å². The minimum Gasteiger partial charge on any atom is -0.282 e. The number of fused-ring (bicyclic) bond motifs is 1. The number of sulfonamides is 2. The molecule has 0 saturated carbocycles. The van der Waals surface area contributed by atoms with Gasteiger partial charge in [0.25, 0.3) is 10.0 Å². The molecule has 0 heterocycles. The van der Waals surface area contributed by atoms with E-state index in [0.29, 0.717) is 12.8 Å². The molecule has 2 N–H and O–H groups in total. The largest absolute Gasteiger partial charge is 0.282 e. The predicted molar refractivity (Wildman–Crippen MR) is 100 cm³/mol. The highest BCUT2D eigenvalue weighted by Gasteiger charge is 2.23. The van der Waals surface area contributed by atoms with Gasteiger partial charge in [-0.1, -0.05) is 36.4 Å². The number of para-hydroxylation sites is 2. The van der Waals surface area contributed by atoms with Crippen LogP contribution in [0, 0.1) is 0 Å². The maximum absolute atomic E-state index is 12.7. The molecular formula is C17H18N2O4S2. The van der Waals surface area contributed by atoms with Gasteiger partial charge in [0.15, 0.2) is 0 Å². The Balaban J connectivity index is 1.92. The van der Waals surface area contributed by atoms with Gasteiger partial charge in [-0.05, 0) is 42.2 Å². The van der Waals surface area contributed by atoms with Gasteiger partial charge >= 0.3 is 0 Å². The second kappa shape index (κ2) is 6.53. The molecule has 0 radical (unpaired) electrons. The van der Waals surface area contributed by atoms with E-state index in [-0.39, 0.29) is 16.3 Å². The topological polar surface area (TPSA) is 92.3 Å². The van der Waals surface area contributed by atoms with Crippen molar-refractivity contribution in [2.75, 3.05) is 15.7 Å². The second-order valence-corrected chi connectivity index (χ2v) is 9.32. The van der Waals surface area contributed by atoms with Crippen LogP contribution in [-0.2, 0) is 26.5 Å². The molecule has 0 fully saturated rings. The number of benzene rings is 2. The zero-order valence-corrected chi connectivity index (χ0v) is 15.2. The van der Waals surface area contributed by atoms with E-state index in [1.54, 1.807) is 18.2 Å². The molecular weight excluding hydrogens is 360 g/mol. The summed E-state index contributed by atoms with van der Waals surface area (Å²) in [6, 6.07) is 13.9. The van der Waals surface area contributed by atoms with Crippen LogP contribution in [0.2, 0.25) is 0 Å². The van der Waals surface area contributed by atoms with Crippen LogP contribution in [0.5, 0.6) is 0 Å². The third-order valence-electron chi connectivity index (χ3n) is 3.82. The van der Waals surface area contributed by atoms with Crippen molar-refractivity contribution in [1.29, 1.82) is 0 Å². The summed E-state index contributed by atoms with van der Waals surface area (Å²) < 4.78 is 53.2. The van der Waals surface area contributed by atoms with Crippen LogP contribution in [0.1, 0.15) is 17.5 Å². The fourth-order valence-electron chi connectivity index (χ4n) is 2.69. The summed E-state index contributed by atoms with van der Waals surface area (Å²) >= 11 is 0. The molecule has 0 amide bonds. The van der Waals surface area contributed by atoms with E-state index >= 15 is 0 Å². The van der Waals surface area contributed by atoms with E-state index in [2.05, 4.69) is 9.44 Å². The van der Waals surface area contributed by atoms with E-state index in [1.807, 2.05) is 24.3 Å². The Morgan fingerprint density at radius 3 is 2.08 bits per heavy atom. The number of aryl methyl sites for hydroxylation is 1. The minimum absolute atomic E-state index is 0.186. The van der Waals surface area contributed by atoms with Crippen LogP contribution >= 0.6 is 0 Å². The molecule has 8 heteroatoms. The lowest BCUT2D eigenvalue weighted by Crippen LogP contribution is -2.19. The molecule has 1 aliphatic carbocycles. The van der Waals surface area contributed by atoms with E-state index in [4.69, 9.17) is 0 Å². The van der Waals surface area contributed by atoms with E-state index in [9.17, 15) is 16.8 Å². The van der Waals surface area contributed by atoms with Crippen molar-refractivity contribution in [2.24, 2.45) is 0 Å². The molecule has 0 spiro atoms. The number of anilines is 2. The van der Waals surface area contributed by atoms with Gasteiger partial charge in [-0.15, -0.1) is 0 Å². The lowest BCUT2D eigenvalue weighted by molar-refractivity contribution is 0.603. The molecule has 2 aromatic rings. The van der Waals surface area contributed by atoms with Gasteiger partial charge in [-0.2, -0.15) is 0 Å². The fourth-order valence-corrected chi connectivity index (χ4v) is 4.52. The molecule has 0 unspecified atom stereocenters. The number of hydrogen-bond donors (Lipinski definition) is 2. The molecule has 0 atom stereocenters. The molecule has 0 aliphatic heterocycles. The molecule has 2 aromatic carbocycles. The van der Waals surface area contributed by atoms with Crippen molar-refractivity contribution in [3.63, 3.8) is 0 Å². The maximum Gasteiger partial charge on any atom is 0.258 e. The Labute approximate surface area is 147 Å². The summed E-state index contributed by atoms with van der Waals surface area (Å²) in [6.07, 6.45) is 3.72. The first-order valence-corrected chi connectivity index (χ1v) is 11.0. The smallest absolute Gasteiger partial charge is 0.258 e. The van der Waals surface area contributed by atoms with Crippen LogP contribution in [0.25, 0.3) is 6.08 Å². The van der Waals surface area contributed by atoms with Crippen LogP contribution in [0.15, 0.2) is 53.4 Å². The van der Waals surface area contributed by atoms with E-state index in [0.717, 1.165) is 17.4 Å². The van der Waals surface area contributed by atoms with Gasteiger partial charge in [0, 0.05) is 0 Å². The quantitative estimate of drug-likeness (QED) is 0.837. The lowest BCUT2D eigenvalue weighted by atomic mass is 9.98. The average Bonchev–Trinajstić information content (AvgIpc) is 2.55.